The van der Waals surface area contributed by atoms with Crippen LogP contribution in [0.2, 0.25) is 0 Å². The summed E-state index contributed by atoms with van der Waals surface area (Å²) in [5.74, 6) is 1.26. The van der Waals surface area contributed by atoms with Crippen LogP contribution in [-0.2, 0) is 0 Å². The van der Waals surface area contributed by atoms with Crippen molar-refractivity contribution in [2.75, 3.05) is 0 Å². The first-order chi connectivity index (χ1) is 22.8. The summed E-state index contributed by atoms with van der Waals surface area (Å²) in [5, 5.41) is 6.88. The van der Waals surface area contributed by atoms with Gasteiger partial charge in [-0.25, -0.2) is 29.1 Å². The standard InChI is InChI=1S/C36H20N10/c1-8-23-22(15-14-21-7-2-16-37-29(21)23)24(9-1)30-42-35(45-31-25(10-3-17-38-31)26-11-4-18-39-32(26)45)44-36(43-30)46-33-27(12-5-19-40-33)28-13-6-20-41-34(28)46/h1-20H. The monoisotopic (exact) mass is 592 g/mol. The molecule has 0 amide bonds. The van der Waals surface area contributed by atoms with Gasteiger partial charge in [0.1, 0.15) is 22.6 Å². The molecule has 0 atom stereocenters. The van der Waals surface area contributed by atoms with Gasteiger partial charge in [-0.2, -0.15) is 15.0 Å². The van der Waals surface area contributed by atoms with Gasteiger partial charge in [0.15, 0.2) is 5.82 Å². The molecule has 0 bridgehead atoms. The topological polar surface area (TPSA) is 113 Å². The Balaban J connectivity index is 1.35. The van der Waals surface area contributed by atoms with Crippen LogP contribution in [0.25, 0.3) is 89.1 Å². The molecule has 0 aliphatic rings. The quantitative estimate of drug-likeness (QED) is 0.201. The minimum Gasteiger partial charge on any atom is -0.256 e. The Morgan fingerprint density at radius 2 is 0.848 bits per heavy atom. The average molecular weight is 593 g/mol. The lowest BCUT2D eigenvalue weighted by Crippen LogP contribution is -2.11. The molecule has 0 aliphatic heterocycles. The van der Waals surface area contributed by atoms with Gasteiger partial charge < -0.3 is 0 Å². The summed E-state index contributed by atoms with van der Waals surface area (Å²) < 4.78 is 3.80. The third-order valence-electron chi connectivity index (χ3n) is 8.46. The number of benzene rings is 2. The van der Waals surface area contributed by atoms with Crippen molar-refractivity contribution in [2.45, 2.75) is 0 Å². The van der Waals surface area contributed by atoms with Crippen molar-refractivity contribution < 1.29 is 0 Å². The highest BCUT2D eigenvalue weighted by Crippen LogP contribution is 2.34. The Bertz CT molecular complexity index is 2600. The highest BCUT2D eigenvalue weighted by atomic mass is 15.3. The van der Waals surface area contributed by atoms with E-state index in [2.05, 4.69) is 24.3 Å². The second-order valence-corrected chi connectivity index (χ2v) is 11.0. The van der Waals surface area contributed by atoms with Gasteiger partial charge in [-0.05, 0) is 60.0 Å². The number of pyridine rings is 5. The fraction of sp³-hybridized carbons (Fsp3) is 0. The number of hydrogen-bond donors (Lipinski definition) is 0. The van der Waals surface area contributed by atoms with E-state index in [9.17, 15) is 0 Å². The van der Waals surface area contributed by atoms with Crippen LogP contribution in [0.15, 0.2) is 122 Å². The summed E-state index contributed by atoms with van der Waals surface area (Å²) in [6, 6.07) is 30.2. The van der Waals surface area contributed by atoms with Crippen LogP contribution in [-0.4, -0.2) is 49.0 Å². The maximum Gasteiger partial charge on any atom is 0.242 e. The molecule has 214 valence electrons. The molecule has 8 heterocycles. The number of rotatable bonds is 3. The van der Waals surface area contributed by atoms with Crippen molar-refractivity contribution in [3.8, 4) is 23.3 Å². The molecular formula is C36H20N10. The second-order valence-electron chi connectivity index (χ2n) is 11.0. The van der Waals surface area contributed by atoms with E-state index in [0.717, 1.165) is 48.8 Å². The number of aromatic nitrogens is 10. The smallest absolute Gasteiger partial charge is 0.242 e. The fourth-order valence-electron chi connectivity index (χ4n) is 6.49. The predicted molar refractivity (Wildman–Crippen MR) is 178 cm³/mol. The van der Waals surface area contributed by atoms with Crippen LogP contribution in [0.4, 0.5) is 0 Å². The number of nitrogens with zero attached hydrogens (tertiary/aromatic N) is 10. The first-order valence-electron chi connectivity index (χ1n) is 14.8. The van der Waals surface area contributed by atoms with Crippen molar-refractivity contribution in [2.24, 2.45) is 0 Å². The van der Waals surface area contributed by atoms with Gasteiger partial charge in [-0.15, -0.1) is 0 Å². The highest BCUT2D eigenvalue weighted by Gasteiger charge is 2.22. The van der Waals surface area contributed by atoms with Crippen LogP contribution in [0.5, 0.6) is 0 Å². The number of hydrogen-bond acceptors (Lipinski definition) is 8. The molecule has 0 saturated carbocycles. The van der Waals surface area contributed by atoms with Gasteiger partial charge in [-0.1, -0.05) is 36.4 Å². The van der Waals surface area contributed by atoms with E-state index in [-0.39, 0.29) is 0 Å². The van der Waals surface area contributed by atoms with Crippen molar-refractivity contribution >= 4 is 65.8 Å². The molecule has 10 heteroatoms. The Labute approximate surface area is 259 Å². The Hall–Kier alpha value is -6.68. The summed E-state index contributed by atoms with van der Waals surface area (Å²) >= 11 is 0. The van der Waals surface area contributed by atoms with Crippen LogP contribution < -0.4 is 0 Å². The third kappa shape index (κ3) is 3.46. The molecule has 0 radical (unpaired) electrons. The first kappa shape index (κ1) is 24.7. The van der Waals surface area contributed by atoms with Crippen LogP contribution in [0, 0.1) is 0 Å². The molecule has 10 nitrogen and oxygen atoms in total. The Morgan fingerprint density at radius 3 is 1.39 bits per heavy atom. The van der Waals surface area contributed by atoms with Crippen molar-refractivity contribution in [1.29, 1.82) is 0 Å². The van der Waals surface area contributed by atoms with Gasteiger partial charge in [0.25, 0.3) is 0 Å². The number of fused-ring (bicyclic) bond motifs is 9. The lowest BCUT2D eigenvalue weighted by molar-refractivity contribution is 0.876. The first-order valence-corrected chi connectivity index (χ1v) is 14.8. The summed E-state index contributed by atoms with van der Waals surface area (Å²) in [7, 11) is 0. The molecule has 0 fully saturated rings. The van der Waals surface area contributed by atoms with Gasteiger partial charge in [0.2, 0.25) is 11.9 Å². The van der Waals surface area contributed by atoms with Crippen molar-refractivity contribution in [1.82, 2.24) is 49.0 Å². The van der Waals surface area contributed by atoms with E-state index < -0.39 is 0 Å². The maximum absolute atomic E-state index is 5.13. The molecule has 0 saturated heterocycles. The largest absolute Gasteiger partial charge is 0.256 e. The summed E-state index contributed by atoms with van der Waals surface area (Å²) in [4.78, 5) is 39.1. The molecule has 46 heavy (non-hydrogen) atoms. The van der Waals surface area contributed by atoms with E-state index in [0.29, 0.717) is 40.3 Å². The molecule has 2 aromatic carbocycles. The Kier molecular flexibility index (Phi) is 5.06. The zero-order chi connectivity index (χ0) is 30.2. The lowest BCUT2D eigenvalue weighted by atomic mass is 10.0. The van der Waals surface area contributed by atoms with Gasteiger partial charge >= 0.3 is 0 Å². The zero-order valence-electron chi connectivity index (χ0n) is 24.0. The molecule has 0 spiro atoms. The van der Waals surface area contributed by atoms with Crippen molar-refractivity contribution in [3.63, 3.8) is 0 Å². The lowest BCUT2D eigenvalue weighted by Gasteiger charge is -2.13. The molecule has 10 aromatic rings. The van der Waals surface area contributed by atoms with E-state index in [1.54, 1.807) is 24.8 Å². The van der Waals surface area contributed by atoms with E-state index >= 15 is 0 Å². The van der Waals surface area contributed by atoms with E-state index in [1.807, 2.05) is 82.1 Å². The van der Waals surface area contributed by atoms with Gasteiger partial charge in [0.05, 0.1) is 5.52 Å². The second kappa shape index (κ2) is 9.41. The van der Waals surface area contributed by atoms with E-state index in [4.69, 9.17) is 39.9 Å². The van der Waals surface area contributed by atoms with Gasteiger partial charge in [-0.3, -0.25) is 4.98 Å². The minimum absolute atomic E-state index is 0.384. The Morgan fingerprint density at radius 1 is 0.370 bits per heavy atom. The van der Waals surface area contributed by atoms with Crippen LogP contribution >= 0.6 is 0 Å². The summed E-state index contributed by atoms with van der Waals surface area (Å²) in [5.41, 5.74) is 4.56. The average Bonchev–Trinajstić information content (AvgIpc) is 3.64. The van der Waals surface area contributed by atoms with Crippen LogP contribution in [0.1, 0.15) is 0 Å². The van der Waals surface area contributed by atoms with Gasteiger partial charge in [0, 0.05) is 68.9 Å². The molecule has 0 unspecified atom stereocenters. The summed E-state index contributed by atoms with van der Waals surface area (Å²) in [6.07, 6.45) is 8.89. The summed E-state index contributed by atoms with van der Waals surface area (Å²) in [6.45, 7) is 0. The third-order valence-corrected chi connectivity index (χ3v) is 8.46. The molecular weight excluding hydrogens is 572 g/mol. The predicted octanol–water partition coefficient (Wildman–Crippen LogP) is 7.01. The van der Waals surface area contributed by atoms with Crippen LogP contribution in [0.3, 0.4) is 0 Å². The molecule has 10 rings (SSSR count). The van der Waals surface area contributed by atoms with E-state index in [1.165, 1.54) is 0 Å². The highest BCUT2D eigenvalue weighted by molar-refractivity contribution is 6.10. The molecule has 0 N–H and O–H groups in total. The maximum atomic E-state index is 5.13. The zero-order valence-corrected chi connectivity index (χ0v) is 24.0. The van der Waals surface area contributed by atoms with Crippen molar-refractivity contribution in [3.05, 3.63) is 122 Å². The minimum atomic E-state index is 0.384. The SMILES string of the molecule is c1cnc2c(c1)ccc1c(-c3nc(-n4c5ncccc5c5cccnc54)nc(-n4c5ncccc5c5cccnc54)n3)cccc12. The normalized spacial score (nSPS) is 11.9. The molecule has 0 aliphatic carbocycles. The fourth-order valence-corrected chi connectivity index (χ4v) is 6.49. The molecule has 8 aromatic heterocycles.